The summed E-state index contributed by atoms with van der Waals surface area (Å²) in [6.45, 7) is 7.35. The second-order valence-corrected chi connectivity index (χ2v) is 3.22. The van der Waals surface area contributed by atoms with Gasteiger partial charge in [-0.3, -0.25) is 9.59 Å². The van der Waals surface area contributed by atoms with Gasteiger partial charge in [0.25, 0.3) is 0 Å². The summed E-state index contributed by atoms with van der Waals surface area (Å²) in [6.07, 6.45) is 1.06. The van der Waals surface area contributed by atoms with Crippen LogP contribution < -0.4 is 0 Å². The molecule has 0 aromatic rings. The van der Waals surface area contributed by atoms with Crippen molar-refractivity contribution in [2.75, 3.05) is 0 Å². The molecule has 2 atom stereocenters. The average Bonchev–Trinajstić information content (AvgIpc) is 2.12. The molecular weight excluding hydrogens is 152 g/mol. The molecule has 0 saturated heterocycles. The lowest BCUT2D eigenvalue weighted by molar-refractivity contribution is -0.130. The SMILES string of the molecule is CCC(=O)C(C)[C@H](C)C(=O)CC. The molecule has 0 aromatic carbocycles. The van der Waals surface area contributed by atoms with Gasteiger partial charge >= 0.3 is 0 Å². The van der Waals surface area contributed by atoms with Crippen molar-refractivity contribution in [3.05, 3.63) is 0 Å². The van der Waals surface area contributed by atoms with Crippen molar-refractivity contribution in [3.8, 4) is 0 Å². The van der Waals surface area contributed by atoms with Crippen LogP contribution in [0.4, 0.5) is 0 Å². The van der Waals surface area contributed by atoms with Gasteiger partial charge in [0, 0.05) is 24.7 Å². The van der Waals surface area contributed by atoms with E-state index < -0.39 is 0 Å². The fourth-order valence-electron chi connectivity index (χ4n) is 1.20. The van der Waals surface area contributed by atoms with Gasteiger partial charge in [-0.05, 0) is 0 Å². The van der Waals surface area contributed by atoms with Crippen LogP contribution in [0, 0.1) is 11.8 Å². The summed E-state index contributed by atoms with van der Waals surface area (Å²) < 4.78 is 0. The van der Waals surface area contributed by atoms with Crippen LogP contribution in [-0.4, -0.2) is 11.6 Å². The Balaban J connectivity index is 4.18. The highest BCUT2D eigenvalue weighted by Crippen LogP contribution is 2.15. The summed E-state index contributed by atoms with van der Waals surface area (Å²) in [5.74, 6) is 0.151. The Morgan fingerprint density at radius 3 is 1.33 bits per heavy atom. The Morgan fingerprint density at radius 2 is 1.17 bits per heavy atom. The Morgan fingerprint density at radius 1 is 0.917 bits per heavy atom. The first-order chi connectivity index (χ1) is 5.54. The Labute approximate surface area is 74.3 Å². The second kappa shape index (κ2) is 5.07. The number of ketones is 2. The zero-order valence-corrected chi connectivity index (χ0v) is 8.39. The minimum Gasteiger partial charge on any atom is -0.299 e. The molecule has 0 aliphatic heterocycles. The molecule has 0 saturated carbocycles. The first kappa shape index (κ1) is 11.3. The van der Waals surface area contributed by atoms with Crippen molar-refractivity contribution in [2.45, 2.75) is 40.5 Å². The van der Waals surface area contributed by atoms with Crippen molar-refractivity contribution in [1.29, 1.82) is 0 Å². The molecule has 0 amide bonds. The zero-order chi connectivity index (χ0) is 9.72. The highest BCUT2D eigenvalue weighted by atomic mass is 16.1. The normalized spacial score (nSPS) is 15.3. The lowest BCUT2D eigenvalue weighted by atomic mass is 9.87. The van der Waals surface area contributed by atoms with E-state index >= 15 is 0 Å². The van der Waals surface area contributed by atoms with Crippen LogP contribution in [0.5, 0.6) is 0 Å². The Hall–Kier alpha value is -0.660. The molecule has 1 unspecified atom stereocenters. The molecule has 0 fully saturated rings. The molecule has 2 nitrogen and oxygen atoms in total. The molecule has 0 spiro atoms. The van der Waals surface area contributed by atoms with E-state index in [9.17, 15) is 9.59 Å². The fraction of sp³-hybridized carbons (Fsp3) is 0.800. The standard InChI is InChI=1S/C10H18O2/c1-5-9(11)7(3)8(4)10(12)6-2/h7-8H,5-6H2,1-4H3/t7-,8?/m0/s1. The van der Waals surface area contributed by atoms with E-state index in [1.54, 1.807) is 0 Å². The van der Waals surface area contributed by atoms with Crippen molar-refractivity contribution in [3.63, 3.8) is 0 Å². The van der Waals surface area contributed by atoms with Gasteiger partial charge in [-0.2, -0.15) is 0 Å². The van der Waals surface area contributed by atoms with Crippen LogP contribution in [0.25, 0.3) is 0 Å². The van der Waals surface area contributed by atoms with E-state index in [1.807, 2.05) is 27.7 Å². The lowest BCUT2D eigenvalue weighted by Gasteiger charge is -2.15. The molecule has 0 N–H and O–H groups in total. The molecule has 70 valence electrons. The minimum atomic E-state index is -0.109. The highest BCUT2D eigenvalue weighted by molar-refractivity contribution is 5.89. The maximum atomic E-state index is 11.2. The van der Waals surface area contributed by atoms with Gasteiger partial charge in [-0.1, -0.05) is 27.7 Å². The molecule has 0 rings (SSSR count). The quantitative estimate of drug-likeness (QED) is 0.634. The minimum absolute atomic E-state index is 0.109. The third-order valence-electron chi connectivity index (χ3n) is 2.46. The maximum Gasteiger partial charge on any atom is 0.136 e. The first-order valence-corrected chi connectivity index (χ1v) is 4.59. The summed E-state index contributed by atoms with van der Waals surface area (Å²) in [6, 6.07) is 0. The molecule has 0 bridgehead atoms. The van der Waals surface area contributed by atoms with Crippen LogP contribution in [0.2, 0.25) is 0 Å². The third kappa shape index (κ3) is 2.76. The number of hydrogen-bond acceptors (Lipinski definition) is 2. The van der Waals surface area contributed by atoms with Gasteiger partial charge in [0.2, 0.25) is 0 Å². The molecule has 2 heteroatoms. The second-order valence-electron chi connectivity index (χ2n) is 3.22. The number of carbonyl (C=O) groups is 2. The highest BCUT2D eigenvalue weighted by Gasteiger charge is 2.23. The summed E-state index contributed by atoms with van der Waals surface area (Å²) in [4.78, 5) is 22.4. The first-order valence-electron chi connectivity index (χ1n) is 4.59. The van der Waals surface area contributed by atoms with Gasteiger partial charge in [-0.25, -0.2) is 0 Å². The number of hydrogen-bond donors (Lipinski definition) is 0. The van der Waals surface area contributed by atoms with E-state index in [2.05, 4.69) is 0 Å². The van der Waals surface area contributed by atoms with Crippen LogP contribution >= 0.6 is 0 Å². The van der Waals surface area contributed by atoms with E-state index in [-0.39, 0.29) is 23.4 Å². The van der Waals surface area contributed by atoms with E-state index in [4.69, 9.17) is 0 Å². The van der Waals surface area contributed by atoms with E-state index in [1.165, 1.54) is 0 Å². The van der Waals surface area contributed by atoms with Crippen LogP contribution in [0.3, 0.4) is 0 Å². The van der Waals surface area contributed by atoms with Gasteiger partial charge in [0.15, 0.2) is 0 Å². The predicted molar refractivity (Wildman–Crippen MR) is 48.9 cm³/mol. The largest absolute Gasteiger partial charge is 0.299 e. The van der Waals surface area contributed by atoms with E-state index in [0.717, 1.165) is 0 Å². The number of carbonyl (C=O) groups excluding carboxylic acids is 2. The van der Waals surface area contributed by atoms with Crippen molar-refractivity contribution in [2.24, 2.45) is 11.8 Å². The van der Waals surface area contributed by atoms with Crippen molar-refractivity contribution < 1.29 is 9.59 Å². The van der Waals surface area contributed by atoms with Gasteiger partial charge in [-0.15, -0.1) is 0 Å². The third-order valence-corrected chi connectivity index (χ3v) is 2.46. The smallest absolute Gasteiger partial charge is 0.136 e. The summed E-state index contributed by atoms with van der Waals surface area (Å²) >= 11 is 0. The van der Waals surface area contributed by atoms with Gasteiger partial charge in [0.1, 0.15) is 11.6 Å². The zero-order valence-electron chi connectivity index (χ0n) is 8.39. The molecule has 0 aliphatic carbocycles. The van der Waals surface area contributed by atoms with Crippen LogP contribution in [-0.2, 0) is 9.59 Å². The molecule has 0 heterocycles. The van der Waals surface area contributed by atoms with Crippen molar-refractivity contribution in [1.82, 2.24) is 0 Å². The Bertz CT molecular complexity index is 153. The lowest BCUT2D eigenvalue weighted by Crippen LogP contribution is -2.24. The fourth-order valence-corrected chi connectivity index (χ4v) is 1.20. The summed E-state index contributed by atoms with van der Waals surface area (Å²) in [5.41, 5.74) is 0. The molecule has 0 aliphatic rings. The van der Waals surface area contributed by atoms with Gasteiger partial charge in [0.05, 0.1) is 0 Å². The maximum absolute atomic E-state index is 11.2. The van der Waals surface area contributed by atoms with Crippen LogP contribution in [0.15, 0.2) is 0 Å². The molecule has 0 radical (unpaired) electrons. The summed E-state index contributed by atoms with van der Waals surface area (Å²) in [5, 5.41) is 0. The van der Waals surface area contributed by atoms with Crippen molar-refractivity contribution >= 4 is 11.6 Å². The predicted octanol–water partition coefficient (Wildman–Crippen LogP) is 2.22. The number of Topliss-reactive ketones (excluding diaryl/α,β-unsaturated/α-hetero) is 2. The monoisotopic (exact) mass is 170 g/mol. The molecule has 12 heavy (non-hydrogen) atoms. The van der Waals surface area contributed by atoms with Crippen LogP contribution in [0.1, 0.15) is 40.5 Å². The van der Waals surface area contributed by atoms with Gasteiger partial charge < -0.3 is 0 Å². The van der Waals surface area contributed by atoms with E-state index in [0.29, 0.717) is 12.8 Å². The Kier molecular flexibility index (Phi) is 4.79. The summed E-state index contributed by atoms with van der Waals surface area (Å²) in [7, 11) is 0. The average molecular weight is 170 g/mol. The topological polar surface area (TPSA) is 34.1 Å². The number of rotatable bonds is 5. The molecule has 0 aromatic heterocycles. The molecular formula is C10H18O2.